The summed E-state index contributed by atoms with van der Waals surface area (Å²) >= 11 is 7.55. The van der Waals surface area contributed by atoms with Gasteiger partial charge in [-0.1, -0.05) is 29.8 Å². The van der Waals surface area contributed by atoms with Crippen LogP contribution in [-0.2, 0) is 4.79 Å². The zero-order valence-corrected chi connectivity index (χ0v) is 17.0. The van der Waals surface area contributed by atoms with Crippen molar-refractivity contribution in [3.05, 3.63) is 64.0 Å². The van der Waals surface area contributed by atoms with E-state index >= 15 is 0 Å². The molecule has 0 aromatic heterocycles. The Balaban J connectivity index is 1.39. The minimum atomic E-state index is -0.173. The van der Waals surface area contributed by atoms with E-state index in [1.54, 1.807) is 7.11 Å². The van der Waals surface area contributed by atoms with Gasteiger partial charge in [0.25, 0.3) is 5.91 Å². The van der Waals surface area contributed by atoms with Crippen molar-refractivity contribution in [1.82, 2.24) is 4.90 Å². The van der Waals surface area contributed by atoms with Gasteiger partial charge in [-0.25, -0.2) is 0 Å². The summed E-state index contributed by atoms with van der Waals surface area (Å²) in [6.07, 6.45) is 1.88. The van der Waals surface area contributed by atoms with Crippen LogP contribution in [0, 0.1) is 0 Å². The Labute approximate surface area is 173 Å². The third-order valence-electron chi connectivity index (χ3n) is 4.75. The van der Waals surface area contributed by atoms with Crippen LogP contribution < -0.4 is 9.64 Å². The van der Waals surface area contributed by atoms with Crippen molar-refractivity contribution in [3.63, 3.8) is 0 Å². The summed E-state index contributed by atoms with van der Waals surface area (Å²) in [5, 5.41) is 1.53. The van der Waals surface area contributed by atoms with Gasteiger partial charge in [-0.2, -0.15) is 4.99 Å². The highest BCUT2D eigenvalue weighted by molar-refractivity contribution is 8.18. The predicted molar refractivity (Wildman–Crippen MR) is 116 cm³/mol. The SMILES string of the molecule is COc1ccc(C=C2SC(N3CCN(c4cccc(Cl)c4)CC3)=NC2=O)cc1. The molecule has 0 atom stereocenters. The first-order chi connectivity index (χ1) is 13.6. The normalized spacial score (nSPS) is 18.6. The van der Waals surface area contributed by atoms with Crippen LogP contribution in [0.15, 0.2) is 58.4 Å². The molecule has 2 aromatic carbocycles. The third kappa shape index (κ3) is 4.18. The molecule has 144 valence electrons. The van der Waals surface area contributed by atoms with E-state index in [0.29, 0.717) is 4.91 Å². The van der Waals surface area contributed by atoms with Crippen molar-refractivity contribution in [3.8, 4) is 5.75 Å². The minimum Gasteiger partial charge on any atom is -0.497 e. The van der Waals surface area contributed by atoms with Crippen LogP contribution in [0.25, 0.3) is 6.08 Å². The summed E-state index contributed by atoms with van der Waals surface area (Å²) in [6.45, 7) is 3.38. The number of carbonyl (C=O) groups is 1. The fraction of sp³-hybridized carbons (Fsp3) is 0.238. The molecule has 0 aliphatic carbocycles. The largest absolute Gasteiger partial charge is 0.497 e. The van der Waals surface area contributed by atoms with E-state index in [9.17, 15) is 4.79 Å². The van der Waals surface area contributed by atoms with E-state index in [0.717, 1.165) is 53.4 Å². The molecule has 4 rings (SSSR count). The second-order valence-electron chi connectivity index (χ2n) is 6.54. The molecule has 0 bridgehead atoms. The van der Waals surface area contributed by atoms with Crippen molar-refractivity contribution in [2.75, 3.05) is 38.2 Å². The number of hydrogen-bond donors (Lipinski definition) is 0. The molecule has 28 heavy (non-hydrogen) atoms. The van der Waals surface area contributed by atoms with Crippen molar-refractivity contribution in [2.24, 2.45) is 4.99 Å². The molecule has 2 aromatic rings. The number of carbonyl (C=O) groups excluding carboxylic acids is 1. The van der Waals surface area contributed by atoms with E-state index in [2.05, 4.69) is 20.9 Å². The molecule has 0 saturated carbocycles. The average molecular weight is 414 g/mol. The standard InChI is InChI=1S/C21H20ClN3O2S/c1-27-18-7-5-15(6-8-18)13-19-20(26)23-21(28-19)25-11-9-24(10-12-25)17-4-2-3-16(22)14-17/h2-8,13-14H,9-12H2,1H3. The number of anilines is 1. The van der Waals surface area contributed by atoms with Gasteiger partial charge in [0, 0.05) is 36.9 Å². The van der Waals surface area contributed by atoms with Crippen LogP contribution in [0.3, 0.4) is 0 Å². The Bertz CT molecular complexity index is 935. The quantitative estimate of drug-likeness (QED) is 0.707. The van der Waals surface area contributed by atoms with Crippen LogP contribution in [0.5, 0.6) is 5.75 Å². The number of ether oxygens (including phenoxy) is 1. The van der Waals surface area contributed by atoms with E-state index in [-0.39, 0.29) is 5.91 Å². The topological polar surface area (TPSA) is 45.1 Å². The van der Waals surface area contributed by atoms with Gasteiger partial charge in [-0.05, 0) is 53.7 Å². The lowest BCUT2D eigenvalue weighted by Crippen LogP contribution is -2.47. The Morgan fingerprint density at radius 1 is 1.07 bits per heavy atom. The molecule has 5 nitrogen and oxygen atoms in total. The number of piperazine rings is 1. The molecule has 1 amide bonds. The van der Waals surface area contributed by atoms with Gasteiger partial charge in [0.15, 0.2) is 5.17 Å². The summed E-state index contributed by atoms with van der Waals surface area (Å²) in [5.41, 5.74) is 2.09. The highest BCUT2D eigenvalue weighted by Gasteiger charge is 2.28. The molecule has 1 fully saturated rings. The molecular formula is C21H20ClN3O2S. The zero-order valence-electron chi connectivity index (χ0n) is 15.5. The first-order valence-electron chi connectivity index (χ1n) is 9.04. The van der Waals surface area contributed by atoms with Crippen LogP contribution in [0.4, 0.5) is 5.69 Å². The summed E-state index contributed by atoms with van der Waals surface area (Å²) in [6, 6.07) is 15.5. The van der Waals surface area contributed by atoms with Crippen molar-refractivity contribution in [1.29, 1.82) is 0 Å². The molecule has 2 aliphatic heterocycles. The van der Waals surface area contributed by atoms with Gasteiger partial charge in [0.2, 0.25) is 0 Å². The fourth-order valence-corrected chi connectivity index (χ4v) is 4.36. The number of methoxy groups -OCH3 is 1. The van der Waals surface area contributed by atoms with Crippen molar-refractivity contribution < 1.29 is 9.53 Å². The highest BCUT2D eigenvalue weighted by atomic mass is 35.5. The lowest BCUT2D eigenvalue weighted by Gasteiger charge is -2.36. The maximum atomic E-state index is 12.3. The molecule has 1 saturated heterocycles. The molecule has 2 aliphatic rings. The Kier molecular flexibility index (Phi) is 5.59. The minimum absolute atomic E-state index is 0.173. The smallest absolute Gasteiger partial charge is 0.286 e. The van der Waals surface area contributed by atoms with E-state index in [1.807, 2.05) is 48.5 Å². The summed E-state index contributed by atoms with van der Waals surface area (Å²) < 4.78 is 5.17. The van der Waals surface area contributed by atoms with Crippen LogP contribution in [0.2, 0.25) is 5.02 Å². The van der Waals surface area contributed by atoms with Crippen molar-refractivity contribution in [2.45, 2.75) is 0 Å². The predicted octanol–water partition coefficient (Wildman–Crippen LogP) is 4.14. The van der Waals surface area contributed by atoms with E-state index < -0.39 is 0 Å². The van der Waals surface area contributed by atoms with Crippen molar-refractivity contribution >= 4 is 46.2 Å². The molecule has 7 heteroatoms. The Hall–Kier alpha value is -2.44. The lowest BCUT2D eigenvalue weighted by molar-refractivity contribution is -0.113. The first kappa shape index (κ1) is 18.9. The number of benzene rings is 2. The summed E-state index contributed by atoms with van der Waals surface area (Å²) in [5.74, 6) is 0.621. The van der Waals surface area contributed by atoms with Crippen LogP contribution >= 0.6 is 23.4 Å². The molecule has 0 unspecified atom stereocenters. The number of nitrogens with zero attached hydrogens (tertiary/aromatic N) is 3. The number of aliphatic imine (C=N–C) groups is 1. The van der Waals surface area contributed by atoms with Gasteiger partial charge in [-0.15, -0.1) is 0 Å². The zero-order chi connectivity index (χ0) is 19.5. The molecule has 2 heterocycles. The average Bonchev–Trinajstić information content (AvgIpc) is 3.09. The maximum Gasteiger partial charge on any atom is 0.286 e. The number of rotatable bonds is 3. The number of amidine groups is 1. The van der Waals surface area contributed by atoms with Gasteiger partial charge < -0.3 is 14.5 Å². The molecule has 0 radical (unpaired) electrons. The second-order valence-corrected chi connectivity index (χ2v) is 7.98. The van der Waals surface area contributed by atoms with E-state index in [1.165, 1.54) is 11.8 Å². The summed E-state index contributed by atoms with van der Waals surface area (Å²) in [7, 11) is 1.63. The lowest BCUT2D eigenvalue weighted by atomic mass is 10.2. The highest BCUT2D eigenvalue weighted by Crippen LogP contribution is 2.31. The Morgan fingerprint density at radius 3 is 2.46 bits per heavy atom. The van der Waals surface area contributed by atoms with Gasteiger partial charge >= 0.3 is 0 Å². The van der Waals surface area contributed by atoms with Gasteiger partial charge in [-0.3, -0.25) is 4.79 Å². The van der Waals surface area contributed by atoms with Gasteiger partial charge in [0.05, 0.1) is 12.0 Å². The number of halogens is 1. The first-order valence-corrected chi connectivity index (χ1v) is 10.2. The molecule has 0 spiro atoms. The van der Waals surface area contributed by atoms with Gasteiger partial charge in [0.1, 0.15) is 5.75 Å². The Morgan fingerprint density at radius 2 is 1.79 bits per heavy atom. The number of amides is 1. The van der Waals surface area contributed by atoms with Crippen LogP contribution in [0.1, 0.15) is 5.56 Å². The third-order valence-corrected chi connectivity index (χ3v) is 6.03. The fourth-order valence-electron chi connectivity index (χ4n) is 3.21. The number of hydrogen-bond acceptors (Lipinski definition) is 5. The monoisotopic (exact) mass is 413 g/mol. The summed E-state index contributed by atoms with van der Waals surface area (Å²) in [4.78, 5) is 21.7. The maximum absolute atomic E-state index is 12.3. The second kappa shape index (κ2) is 8.29. The molecular weight excluding hydrogens is 394 g/mol. The number of thioether (sulfide) groups is 1. The van der Waals surface area contributed by atoms with E-state index in [4.69, 9.17) is 16.3 Å². The van der Waals surface area contributed by atoms with Crippen LogP contribution in [-0.4, -0.2) is 49.3 Å². The molecule has 0 N–H and O–H groups in total.